The molecule has 248 valence electrons. The van der Waals surface area contributed by atoms with E-state index in [0.717, 1.165) is 35.4 Å². The number of aromatic nitrogens is 2. The molecule has 0 atom stereocenters. The molecule has 2 nitrogen and oxygen atoms in total. The lowest BCUT2D eigenvalue weighted by molar-refractivity contribution is 1.08. The monoisotopic (exact) mass is 666 g/mol. The Morgan fingerprint density at radius 3 is 1.69 bits per heavy atom. The van der Waals surface area contributed by atoms with E-state index in [2.05, 4.69) is 187 Å². The summed E-state index contributed by atoms with van der Waals surface area (Å²) in [6, 6.07) is 49.0. The Kier molecular flexibility index (Phi) is 7.64. The SMILES string of the molecule is C=C(C)Cc1cccc(-n2c3c(c4cc(-c5cccc(-c6ccc7c(c6)c6ccccc6n7-c6cccc(CC(=C)C)c6)c5)ccc42)C=C=C=C3)c1. The topological polar surface area (TPSA) is 9.86 Å². The van der Waals surface area contributed by atoms with Crippen molar-refractivity contribution in [1.82, 2.24) is 9.13 Å². The number of nitrogens with zero attached hydrogens (tertiary/aromatic N) is 2. The van der Waals surface area contributed by atoms with Crippen LogP contribution in [0.4, 0.5) is 0 Å². The van der Waals surface area contributed by atoms with Crippen molar-refractivity contribution in [3.05, 3.63) is 192 Å². The summed E-state index contributed by atoms with van der Waals surface area (Å²) in [5.41, 5.74) is 24.2. The molecule has 0 fully saturated rings. The minimum Gasteiger partial charge on any atom is -0.309 e. The van der Waals surface area contributed by atoms with Crippen LogP contribution in [0.2, 0.25) is 0 Å². The molecule has 1 aliphatic rings. The molecule has 0 radical (unpaired) electrons. The van der Waals surface area contributed by atoms with E-state index in [1.807, 2.05) is 6.08 Å². The lowest BCUT2D eigenvalue weighted by atomic mass is 9.96. The maximum absolute atomic E-state index is 4.14. The van der Waals surface area contributed by atoms with Crippen LogP contribution in [-0.2, 0) is 12.8 Å². The molecule has 1 aliphatic carbocycles. The highest BCUT2D eigenvalue weighted by Crippen LogP contribution is 2.38. The van der Waals surface area contributed by atoms with Gasteiger partial charge in [0.05, 0.1) is 22.2 Å². The zero-order chi connectivity index (χ0) is 35.3. The molecule has 52 heavy (non-hydrogen) atoms. The fourth-order valence-corrected chi connectivity index (χ4v) is 7.93. The summed E-state index contributed by atoms with van der Waals surface area (Å²) in [5, 5.41) is 3.70. The van der Waals surface area contributed by atoms with Gasteiger partial charge in [0, 0.05) is 39.2 Å². The van der Waals surface area contributed by atoms with E-state index < -0.39 is 0 Å². The molecule has 8 aromatic rings. The first-order valence-electron chi connectivity index (χ1n) is 17.9. The molecule has 0 aliphatic heterocycles. The lowest BCUT2D eigenvalue weighted by Gasteiger charge is -2.12. The maximum Gasteiger partial charge on any atom is 0.0631 e. The van der Waals surface area contributed by atoms with Crippen molar-refractivity contribution in [3.8, 4) is 33.6 Å². The third-order valence-electron chi connectivity index (χ3n) is 10.1. The van der Waals surface area contributed by atoms with Gasteiger partial charge in [0.1, 0.15) is 0 Å². The largest absolute Gasteiger partial charge is 0.309 e. The lowest BCUT2D eigenvalue weighted by Crippen LogP contribution is -1.98. The average Bonchev–Trinajstić information content (AvgIpc) is 3.67. The number of rotatable bonds is 8. The van der Waals surface area contributed by atoms with Crippen LogP contribution in [0.5, 0.6) is 0 Å². The zero-order valence-corrected chi connectivity index (χ0v) is 29.6. The molecule has 0 amide bonds. The van der Waals surface area contributed by atoms with Crippen LogP contribution >= 0.6 is 0 Å². The van der Waals surface area contributed by atoms with E-state index in [1.165, 1.54) is 77.3 Å². The van der Waals surface area contributed by atoms with E-state index in [9.17, 15) is 0 Å². The van der Waals surface area contributed by atoms with Gasteiger partial charge < -0.3 is 9.13 Å². The first kappa shape index (κ1) is 31.4. The summed E-state index contributed by atoms with van der Waals surface area (Å²) in [6.45, 7) is 12.4. The quantitative estimate of drug-likeness (QED) is 0.113. The van der Waals surface area contributed by atoms with E-state index in [0.29, 0.717) is 0 Å². The van der Waals surface area contributed by atoms with Crippen molar-refractivity contribution >= 4 is 44.9 Å². The second-order valence-corrected chi connectivity index (χ2v) is 14.2. The summed E-state index contributed by atoms with van der Waals surface area (Å²) in [6.07, 6.45) is 5.85. The third kappa shape index (κ3) is 5.48. The van der Waals surface area contributed by atoms with Gasteiger partial charge in [-0.2, -0.15) is 0 Å². The van der Waals surface area contributed by atoms with Crippen LogP contribution in [0, 0.1) is 0 Å². The summed E-state index contributed by atoms with van der Waals surface area (Å²) < 4.78 is 4.74. The molecule has 9 rings (SSSR count). The van der Waals surface area contributed by atoms with E-state index in [1.54, 1.807) is 0 Å². The normalized spacial score (nSPS) is 11.9. The van der Waals surface area contributed by atoms with Gasteiger partial charge in [0.25, 0.3) is 0 Å². The molecule has 0 saturated carbocycles. The molecule has 0 spiro atoms. The first-order chi connectivity index (χ1) is 25.4. The highest BCUT2D eigenvalue weighted by atomic mass is 15.0. The number of fused-ring (bicyclic) bond motifs is 6. The number of allylic oxidation sites excluding steroid dienone is 2. The molecule has 0 unspecified atom stereocenters. The van der Waals surface area contributed by atoms with Crippen molar-refractivity contribution in [1.29, 1.82) is 0 Å². The van der Waals surface area contributed by atoms with Crippen molar-refractivity contribution < 1.29 is 0 Å². The van der Waals surface area contributed by atoms with Crippen molar-refractivity contribution in [2.24, 2.45) is 0 Å². The van der Waals surface area contributed by atoms with Gasteiger partial charge in [-0.05, 0) is 127 Å². The maximum atomic E-state index is 4.14. The van der Waals surface area contributed by atoms with Gasteiger partial charge in [-0.3, -0.25) is 0 Å². The third-order valence-corrected chi connectivity index (χ3v) is 10.1. The Bertz CT molecular complexity index is 2870. The highest BCUT2D eigenvalue weighted by Gasteiger charge is 2.18. The summed E-state index contributed by atoms with van der Waals surface area (Å²) in [4.78, 5) is 0. The standard InChI is InChI=1S/C50H38N2/c1-33(2)26-35-12-9-16-41(28-35)51-47-20-7-5-18-43(47)45-31-39(22-24-49(45)51)37-14-11-15-38(30-37)40-23-25-50-46(32-40)44-19-6-8-21-48(44)52(50)42-17-10-13-36(29-42)27-34(3)4/h5,7,9-25,28-32H,1,3,26-27H2,2,4H3. The Hall–Kier alpha value is -6.56. The summed E-state index contributed by atoms with van der Waals surface area (Å²) in [5.74, 6) is 0. The summed E-state index contributed by atoms with van der Waals surface area (Å²) in [7, 11) is 0. The predicted octanol–water partition coefficient (Wildman–Crippen LogP) is 13.1. The Morgan fingerprint density at radius 1 is 0.481 bits per heavy atom. The second kappa shape index (κ2) is 12.6. The van der Waals surface area contributed by atoms with E-state index >= 15 is 0 Å². The first-order valence-corrected chi connectivity index (χ1v) is 17.9. The fraction of sp³-hybridized carbons (Fsp3) is 0.0800. The molecule has 0 saturated heterocycles. The van der Waals surface area contributed by atoms with Gasteiger partial charge in [0.15, 0.2) is 0 Å². The van der Waals surface area contributed by atoms with Gasteiger partial charge in [-0.15, -0.1) is 0 Å². The van der Waals surface area contributed by atoms with Crippen molar-refractivity contribution in [2.75, 3.05) is 0 Å². The Labute approximate surface area is 304 Å². The molecule has 0 N–H and O–H groups in total. The molecule has 0 bridgehead atoms. The Balaban J connectivity index is 1.13. The highest BCUT2D eigenvalue weighted by molar-refractivity contribution is 6.10. The number of hydrogen-bond donors (Lipinski definition) is 0. The molecule has 2 heterocycles. The van der Waals surface area contributed by atoms with Crippen LogP contribution in [0.3, 0.4) is 0 Å². The Morgan fingerprint density at radius 2 is 1.02 bits per heavy atom. The minimum atomic E-state index is 0.865. The van der Waals surface area contributed by atoms with Gasteiger partial charge in [-0.25, -0.2) is 0 Å². The molecular weight excluding hydrogens is 629 g/mol. The smallest absolute Gasteiger partial charge is 0.0631 e. The van der Waals surface area contributed by atoms with Gasteiger partial charge in [0.2, 0.25) is 0 Å². The fourth-order valence-electron chi connectivity index (χ4n) is 7.93. The van der Waals surface area contributed by atoms with Gasteiger partial charge >= 0.3 is 0 Å². The molecule has 2 heteroatoms. The van der Waals surface area contributed by atoms with Crippen LogP contribution in [0.15, 0.2) is 169 Å². The van der Waals surface area contributed by atoms with Crippen LogP contribution in [0.1, 0.15) is 36.2 Å². The molecular formula is C50H38N2. The van der Waals surface area contributed by atoms with Crippen molar-refractivity contribution in [3.63, 3.8) is 0 Å². The second-order valence-electron chi connectivity index (χ2n) is 14.2. The van der Waals surface area contributed by atoms with E-state index in [4.69, 9.17) is 0 Å². The number of para-hydroxylation sites is 1. The van der Waals surface area contributed by atoms with Crippen molar-refractivity contribution in [2.45, 2.75) is 26.7 Å². The van der Waals surface area contributed by atoms with Crippen LogP contribution < -0.4 is 0 Å². The zero-order valence-electron chi connectivity index (χ0n) is 29.6. The number of benzene rings is 6. The average molecular weight is 667 g/mol. The van der Waals surface area contributed by atoms with Gasteiger partial charge in [-0.1, -0.05) is 109 Å². The van der Waals surface area contributed by atoms with Crippen LogP contribution in [-0.4, -0.2) is 9.13 Å². The minimum absolute atomic E-state index is 0.865. The van der Waals surface area contributed by atoms with E-state index in [-0.39, 0.29) is 0 Å². The predicted molar refractivity (Wildman–Crippen MR) is 221 cm³/mol. The van der Waals surface area contributed by atoms with Crippen LogP contribution in [0.25, 0.3) is 78.5 Å². The molecule has 6 aromatic carbocycles. The number of hydrogen-bond acceptors (Lipinski definition) is 0. The summed E-state index contributed by atoms with van der Waals surface area (Å²) >= 11 is 0. The molecule has 2 aromatic heterocycles.